The quantitative estimate of drug-likeness (QED) is 0.800. The van der Waals surface area contributed by atoms with Crippen LogP contribution in [0.25, 0.3) is 0 Å². The number of hydrogen-bond acceptors (Lipinski definition) is 3. The van der Waals surface area contributed by atoms with E-state index >= 15 is 0 Å². The summed E-state index contributed by atoms with van der Waals surface area (Å²) in [7, 11) is 0. The van der Waals surface area contributed by atoms with Crippen molar-refractivity contribution in [1.82, 2.24) is 0 Å². The van der Waals surface area contributed by atoms with Gasteiger partial charge in [0, 0.05) is 11.5 Å². The van der Waals surface area contributed by atoms with Crippen LogP contribution >= 0.6 is 11.8 Å². The van der Waals surface area contributed by atoms with Crippen molar-refractivity contribution in [2.45, 2.75) is 13.0 Å². The van der Waals surface area contributed by atoms with Crippen molar-refractivity contribution < 1.29 is 15.0 Å². The zero-order valence-corrected chi connectivity index (χ0v) is 9.98. The Morgan fingerprint density at radius 2 is 1.94 bits per heavy atom. The van der Waals surface area contributed by atoms with Gasteiger partial charge in [0.25, 0.3) is 0 Å². The molecule has 16 heavy (non-hydrogen) atoms. The molecule has 1 aromatic carbocycles. The summed E-state index contributed by atoms with van der Waals surface area (Å²) in [4.78, 5) is 10.6. The number of carboxylic acids is 1. The number of aliphatic hydroxyl groups excluding tert-OH is 1. The van der Waals surface area contributed by atoms with Crippen molar-refractivity contribution >= 4 is 17.7 Å². The minimum Gasteiger partial charge on any atom is -0.481 e. The Balaban J connectivity index is 2.31. The highest BCUT2D eigenvalue weighted by Gasteiger charge is 2.12. The van der Waals surface area contributed by atoms with E-state index in [1.54, 1.807) is 6.92 Å². The molecule has 0 bridgehead atoms. The van der Waals surface area contributed by atoms with Gasteiger partial charge in [0.15, 0.2) is 0 Å². The van der Waals surface area contributed by atoms with Crippen molar-refractivity contribution in [2.75, 3.05) is 11.5 Å². The fourth-order valence-electron chi connectivity index (χ4n) is 1.20. The zero-order valence-electron chi connectivity index (χ0n) is 9.17. The number of carboxylic acid groups (broad SMARTS) is 1. The highest BCUT2D eigenvalue weighted by atomic mass is 32.2. The van der Waals surface area contributed by atoms with Gasteiger partial charge in [0.05, 0.1) is 12.0 Å². The van der Waals surface area contributed by atoms with Crippen LogP contribution in [-0.4, -0.2) is 27.7 Å². The molecule has 1 aromatic rings. The first kappa shape index (κ1) is 13.1. The molecule has 0 amide bonds. The van der Waals surface area contributed by atoms with E-state index in [2.05, 4.69) is 0 Å². The fourth-order valence-corrected chi connectivity index (χ4v) is 2.25. The predicted molar refractivity (Wildman–Crippen MR) is 65.5 cm³/mol. The Kier molecular flexibility index (Phi) is 5.35. The van der Waals surface area contributed by atoms with Crippen LogP contribution in [-0.2, 0) is 4.79 Å². The number of benzene rings is 1. The van der Waals surface area contributed by atoms with Crippen LogP contribution < -0.4 is 0 Å². The zero-order chi connectivity index (χ0) is 12.0. The minimum atomic E-state index is -0.790. The van der Waals surface area contributed by atoms with Crippen molar-refractivity contribution in [3.05, 3.63) is 35.9 Å². The molecule has 0 aliphatic carbocycles. The van der Waals surface area contributed by atoms with E-state index in [1.807, 2.05) is 30.3 Å². The molecule has 0 spiro atoms. The van der Waals surface area contributed by atoms with Gasteiger partial charge in [0.2, 0.25) is 0 Å². The van der Waals surface area contributed by atoms with Gasteiger partial charge in [-0.15, -0.1) is 0 Å². The Morgan fingerprint density at radius 1 is 1.31 bits per heavy atom. The molecule has 0 saturated heterocycles. The number of hydrogen-bond donors (Lipinski definition) is 2. The number of carbonyl (C=O) groups is 1. The first-order valence-corrected chi connectivity index (χ1v) is 6.30. The van der Waals surface area contributed by atoms with Crippen molar-refractivity contribution in [2.24, 2.45) is 5.92 Å². The topological polar surface area (TPSA) is 57.5 Å². The van der Waals surface area contributed by atoms with E-state index in [0.29, 0.717) is 11.5 Å². The van der Waals surface area contributed by atoms with Crippen LogP contribution in [0.15, 0.2) is 30.3 Å². The normalized spacial score (nSPS) is 14.4. The molecule has 2 unspecified atom stereocenters. The predicted octanol–water partition coefficient (Wildman–Crippen LogP) is 2.17. The maximum atomic E-state index is 10.6. The smallest absolute Gasteiger partial charge is 0.307 e. The molecule has 2 atom stereocenters. The molecule has 0 aliphatic heterocycles. The number of aliphatic hydroxyl groups is 1. The van der Waals surface area contributed by atoms with E-state index in [9.17, 15) is 9.90 Å². The summed E-state index contributed by atoms with van der Waals surface area (Å²) in [6.07, 6.45) is -0.521. The van der Waals surface area contributed by atoms with Crippen molar-refractivity contribution in [3.63, 3.8) is 0 Å². The van der Waals surface area contributed by atoms with E-state index in [4.69, 9.17) is 5.11 Å². The van der Waals surface area contributed by atoms with Crippen LogP contribution in [0.5, 0.6) is 0 Å². The molecule has 0 aliphatic rings. The summed E-state index contributed by atoms with van der Waals surface area (Å²) in [5, 5.41) is 18.5. The van der Waals surface area contributed by atoms with Gasteiger partial charge in [-0.25, -0.2) is 0 Å². The van der Waals surface area contributed by atoms with Crippen LogP contribution in [0, 0.1) is 5.92 Å². The van der Waals surface area contributed by atoms with Crippen molar-refractivity contribution in [1.29, 1.82) is 0 Å². The number of aliphatic carboxylic acids is 1. The molecule has 1 rings (SSSR count). The molecule has 2 N–H and O–H groups in total. The summed E-state index contributed by atoms with van der Waals surface area (Å²) in [5.74, 6) is -0.101. The van der Waals surface area contributed by atoms with E-state index in [-0.39, 0.29) is 5.92 Å². The van der Waals surface area contributed by atoms with Gasteiger partial charge >= 0.3 is 5.97 Å². The highest BCUT2D eigenvalue weighted by molar-refractivity contribution is 7.99. The molecule has 0 heterocycles. The molecule has 0 radical (unpaired) electrons. The summed E-state index contributed by atoms with van der Waals surface area (Å²) >= 11 is 1.46. The van der Waals surface area contributed by atoms with Crippen LogP contribution in [0.4, 0.5) is 0 Å². The van der Waals surface area contributed by atoms with Crippen LogP contribution in [0.3, 0.4) is 0 Å². The van der Waals surface area contributed by atoms with Gasteiger partial charge in [0.1, 0.15) is 0 Å². The Bertz CT molecular complexity index is 326. The van der Waals surface area contributed by atoms with Crippen molar-refractivity contribution in [3.8, 4) is 0 Å². The molecule has 4 heteroatoms. The second-order valence-electron chi connectivity index (χ2n) is 3.70. The molecule has 3 nitrogen and oxygen atoms in total. The first-order valence-electron chi connectivity index (χ1n) is 5.15. The van der Waals surface area contributed by atoms with Gasteiger partial charge in [-0.05, 0) is 5.56 Å². The minimum absolute atomic E-state index is 0.368. The van der Waals surface area contributed by atoms with Gasteiger partial charge < -0.3 is 10.2 Å². The van der Waals surface area contributed by atoms with Gasteiger partial charge in [-0.3, -0.25) is 4.79 Å². The Hall–Kier alpha value is -1.00. The summed E-state index contributed by atoms with van der Waals surface area (Å²) in [5.41, 5.74) is 0.873. The third kappa shape index (κ3) is 4.24. The van der Waals surface area contributed by atoms with Crippen LogP contribution in [0.2, 0.25) is 0 Å². The average Bonchev–Trinajstić information content (AvgIpc) is 2.29. The maximum Gasteiger partial charge on any atom is 0.307 e. The number of thioether (sulfide) groups is 1. The van der Waals surface area contributed by atoms with E-state index < -0.39 is 12.1 Å². The first-order chi connectivity index (χ1) is 7.61. The molecule has 0 fully saturated rings. The highest BCUT2D eigenvalue weighted by Crippen LogP contribution is 2.19. The third-order valence-electron chi connectivity index (χ3n) is 2.25. The lowest BCUT2D eigenvalue weighted by Gasteiger charge is -2.11. The Labute approximate surface area is 99.5 Å². The van der Waals surface area contributed by atoms with Gasteiger partial charge in [-0.2, -0.15) is 11.8 Å². The summed E-state index contributed by atoms with van der Waals surface area (Å²) < 4.78 is 0. The average molecular weight is 240 g/mol. The van der Waals surface area contributed by atoms with Gasteiger partial charge in [-0.1, -0.05) is 37.3 Å². The molecular formula is C12H16O3S. The molecule has 0 aromatic heterocycles. The second kappa shape index (κ2) is 6.55. The van der Waals surface area contributed by atoms with E-state index in [0.717, 1.165) is 5.56 Å². The maximum absolute atomic E-state index is 10.6. The Morgan fingerprint density at radius 3 is 2.50 bits per heavy atom. The fraction of sp³-hybridized carbons (Fsp3) is 0.417. The number of rotatable bonds is 6. The molecule has 0 saturated carbocycles. The second-order valence-corrected chi connectivity index (χ2v) is 4.78. The molecular weight excluding hydrogens is 224 g/mol. The summed E-state index contributed by atoms with van der Waals surface area (Å²) in [6.45, 7) is 1.67. The lowest BCUT2D eigenvalue weighted by Crippen LogP contribution is -2.13. The molecule has 88 valence electrons. The lowest BCUT2D eigenvalue weighted by molar-refractivity contribution is -0.140. The largest absolute Gasteiger partial charge is 0.481 e. The monoisotopic (exact) mass is 240 g/mol. The van der Waals surface area contributed by atoms with E-state index in [1.165, 1.54) is 11.8 Å². The lowest BCUT2D eigenvalue weighted by atomic mass is 10.1. The SMILES string of the molecule is CC(CSCC(O)c1ccccc1)C(=O)O. The standard InChI is InChI=1S/C12H16O3S/c1-9(12(14)15)7-16-8-11(13)10-5-3-2-4-6-10/h2-6,9,11,13H,7-8H2,1H3,(H,14,15). The van der Waals surface area contributed by atoms with Crippen LogP contribution in [0.1, 0.15) is 18.6 Å². The third-order valence-corrected chi connectivity index (χ3v) is 3.54. The summed E-state index contributed by atoms with van der Waals surface area (Å²) in [6, 6.07) is 9.39.